The molecule has 0 radical (unpaired) electrons. The van der Waals surface area contributed by atoms with Crippen molar-refractivity contribution in [3.05, 3.63) is 231 Å². The van der Waals surface area contributed by atoms with Gasteiger partial charge in [-0.05, 0) is 59.7 Å². The lowest BCUT2D eigenvalue weighted by atomic mass is 9.97. The third-order valence-electron chi connectivity index (χ3n) is 12.2. The van der Waals surface area contributed by atoms with Gasteiger partial charge < -0.3 is 9.13 Å². The van der Waals surface area contributed by atoms with Crippen molar-refractivity contribution < 1.29 is 0 Å². The second-order valence-electron chi connectivity index (χ2n) is 15.8. The molecule has 0 saturated carbocycles. The van der Waals surface area contributed by atoms with Crippen LogP contribution in [0.1, 0.15) is 0 Å². The predicted octanol–water partition coefficient (Wildman–Crippen LogP) is 15.0. The molecule has 0 aliphatic rings. The van der Waals surface area contributed by atoms with Crippen molar-refractivity contribution in [3.63, 3.8) is 0 Å². The molecule has 290 valence electrons. The summed E-state index contributed by atoms with van der Waals surface area (Å²) >= 11 is 0. The molecule has 4 nitrogen and oxygen atoms in total. The highest BCUT2D eigenvalue weighted by Gasteiger charge is 2.22. The minimum absolute atomic E-state index is 0.689. The Kier molecular flexibility index (Phi) is 8.46. The zero-order chi connectivity index (χ0) is 41.0. The zero-order valence-corrected chi connectivity index (χ0v) is 33.7. The number of aromatic nitrogens is 4. The molecule has 0 aliphatic heterocycles. The molecule has 0 bridgehead atoms. The average molecular weight is 791 g/mol. The third kappa shape index (κ3) is 5.92. The Hall–Kier alpha value is -8.34. The highest BCUT2D eigenvalue weighted by molar-refractivity contribution is 6.12. The van der Waals surface area contributed by atoms with E-state index in [0.29, 0.717) is 5.82 Å². The summed E-state index contributed by atoms with van der Waals surface area (Å²) < 4.78 is 4.89. The Morgan fingerprint density at radius 3 is 1.35 bits per heavy atom. The van der Waals surface area contributed by atoms with Gasteiger partial charge in [-0.25, -0.2) is 9.97 Å². The topological polar surface area (TPSA) is 35.6 Å². The first-order valence-corrected chi connectivity index (χ1v) is 21.1. The number of fused-ring (bicyclic) bond motifs is 6. The fourth-order valence-electron chi connectivity index (χ4n) is 9.29. The second kappa shape index (κ2) is 14.7. The molecule has 0 saturated heterocycles. The molecule has 0 fully saturated rings. The SMILES string of the molecule is c1ccc(-c2ccc3c(c2)c2ccccc2n3-c2cc(-c3cc(-c4ccccc4)nc(-c4ccccc4)n3)ccc2-c2ccccc2-n2c3ccccc3c3ccccc32)cc1. The van der Waals surface area contributed by atoms with Crippen LogP contribution in [0.25, 0.3) is 111 Å². The summed E-state index contributed by atoms with van der Waals surface area (Å²) in [6.07, 6.45) is 0. The van der Waals surface area contributed by atoms with Crippen molar-refractivity contribution in [1.82, 2.24) is 19.1 Å². The lowest BCUT2D eigenvalue weighted by molar-refractivity contribution is 1.15. The number of nitrogens with zero attached hydrogens (tertiary/aromatic N) is 4. The Balaban J connectivity index is 1.16. The van der Waals surface area contributed by atoms with Gasteiger partial charge in [0, 0.05) is 49.4 Å². The first-order valence-electron chi connectivity index (χ1n) is 21.1. The largest absolute Gasteiger partial charge is 0.309 e. The summed E-state index contributed by atoms with van der Waals surface area (Å²) in [6, 6.07) is 82.3. The van der Waals surface area contributed by atoms with Gasteiger partial charge in [-0.1, -0.05) is 182 Å². The average Bonchev–Trinajstić information content (AvgIpc) is 3.87. The van der Waals surface area contributed by atoms with E-state index in [0.717, 1.165) is 61.6 Å². The van der Waals surface area contributed by atoms with Gasteiger partial charge in [-0.2, -0.15) is 0 Å². The fraction of sp³-hybridized carbons (Fsp3) is 0. The summed E-state index contributed by atoms with van der Waals surface area (Å²) in [5.41, 5.74) is 16.2. The minimum Gasteiger partial charge on any atom is -0.309 e. The van der Waals surface area contributed by atoms with Crippen LogP contribution in [-0.4, -0.2) is 19.1 Å². The van der Waals surface area contributed by atoms with E-state index < -0.39 is 0 Å². The van der Waals surface area contributed by atoms with Gasteiger partial charge in [0.25, 0.3) is 0 Å². The molecule has 12 rings (SSSR count). The van der Waals surface area contributed by atoms with Gasteiger partial charge in [0.1, 0.15) is 0 Å². The van der Waals surface area contributed by atoms with Crippen LogP contribution >= 0.6 is 0 Å². The zero-order valence-electron chi connectivity index (χ0n) is 33.7. The molecule has 0 spiro atoms. The molecule has 62 heavy (non-hydrogen) atoms. The molecule has 0 N–H and O–H groups in total. The number of para-hydroxylation sites is 4. The highest BCUT2D eigenvalue weighted by Crippen LogP contribution is 2.43. The number of benzene rings is 9. The molecule has 0 aliphatic carbocycles. The normalized spacial score (nSPS) is 11.5. The van der Waals surface area contributed by atoms with Crippen molar-refractivity contribution in [2.75, 3.05) is 0 Å². The van der Waals surface area contributed by atoms with Gasteiger partial charge in [0.15, 0.2) is 5.82 Å². The predicted molar refractivity (Wildman–Crippen MR) is 258 cm³/mol. The molecule has 12 aromatic rings. The Morgan fingerprint density at radius 2 is 0.710 bits per heavy atom. The molecule has 0 unspecified atom stereocenters. The van der Waals surface area contributed by atoms with Gasteiger partial charge in [-0.15, -0.1) is 0 Å². The standard InChI is InChI=1S/C58H38N4/c1-4-18-39(19-5-1)42-33-35-56-49(36-42)47-27-13-17-31-55(47)62(56)57-37-43(51-38-50(40-20-6-2-7-21-40)59-58(60-51)41-22-8-3-9-23-41)32-34-48(57)46-26-12-16-30-54(46)61-52-28-14-10-24-44(52)45-25-11-15-29-53(45)61/h1-38H. The molecular weight excluding hydrogens is 753 g/mol. The number of rotatable bonds is 7. The van der Waals surface area contributed by atoms with Gasteiger partial charge in [-0.3, -0.25) is 0 Å². The maximum absolute atomic E-state index is 5.30. The van der Waals surface area contributed by atoms with Crippen molar-refractivity contribution >= 4 is 43.6 Å². The van der Waals surface area contributed by atoms with E-state index in [4.69, 9.17) is 9.97 Å². The fourth-order valence-corrected chi connectivity index (χ4v) is 9.29. The maximum atomic E-state index is 5.30. The molecule has 3 aromatic heterocycles. The molecule has 3 heterocycles. The van der Waals surface area contributed by atoms with Gasteiger partial charge >= 0.3 is 0 Å². The van der Waals surface area contributed by atoms with E-state index >= 15 is 0 Å². The second-order valence-corrected chi connectivity index (χ2v) is 15.8. The van der Waals surface area contributed by atoms with E-state index in [1.807, 2.05) is 24.3 Å². The Morgan fingerprint density at radius 1 is 0.258 bits per heavy atom. The van der Waals surface area contributed by atoms with Crippen LogP contribution in [-0.2, 0) is 0 Å². The molecular formula is C58H38N4. The molecule has 0 amide bonds. The summed E-state index contributed by atoms with van der Waals surface area (Å²) in [5, 5.41) is 4.87. The monoisotopic (exact) mass is 790 g/mol. The van der Waals surface area contributed by atoms with Crippen LogP contribution in [0.15, 0.2) is 231 Å². The van der Waals surface area contributed by atoms with Crippen LogP contribution in [0.4, 0.5) is 0 Å². The molecule has 4 heteroatoms. The number of hydrogen-bond acceptors (Lipinski definition) is 2. The first-order chi connectivity index (χ1) is 30.8. The Bertz CT molecular complexity index is 3510. The van der Waals surface area contributed by atoms with Crippen LogP contribution in [0.3, 0.4) is 0 Å². The first kappa shape index (κ1) is 35.6. The molecule has 0 atom stereocenters. The quantitative estimate of drug-likeness (QED) is 0.161. The summed E-state index contributed by atoms with van der Waals surface area (Å²) in [5.74, 6) is 0.689. The van der Waals surface area contributed by atoms with Crippen molar-refractivity contribution in [2.24, 2.45) is 0 Å². The van der Waals surface area contributed by atoms with Gasteiger partial charge in [0.2, 0.25) is 0 Å². The van der Waals surface area contributed by atoms with Gasteiger partial charge in [0.05, 0.1) is 44.8 Å². The smallest absolute Gasteiger partial charge is 0.160 e. The molecule has 9 aromatic carbocycles. The highest BCUT2D eigenvalue weighted by atomic mass is 15.0. The lowest BCUT2D eigenvalue weighted by Crippen LogP contribution is -2.02. The summed E-state index contributed by atoms with van der Waals surface area (Å²) in [4.78, 5) is 10.4. The third-order valence-corrected chi connectivity index (χ3v) is 12.2. The Labute approximate surface area is 359 Å². The van der Waals surface area contributed by atoms with E-state index in [1.165, 1.54) is 43.7 Å². The van der Waals surface area contributed by atoms with Crippen molar-refractivity contribution in [1.29, 1.82) is 0 Å². The van der Waals surface area contributed by atoms with Crippen LogP contribution in [0, 0.1) is 0 Å². The number of hydrogen-bond donors (Lipinski definition) is 0. The van der Waals surface area contributed by atoms with E-state index in [-0.39, 0.29) is 0 Å². The summed E-state index contributed by atoms with van der Waals surface area (Å²) in [7, 11) is 0. The van der Waals surface area contributed by atoms with E-state index in [9.17, 15) is 0 Å². The van der Waals surface area contributed by atoms with Crippen LogP contribution in [0.5, 0.6) is 0 Å². The summed E-state index contributed by atoms with van der Waals surface area (Å²) in [6.45, 7) is 0. The lowest BCUT2D eigenvalue weighted by Gasteiger charge is -2.20. The van der Waals surface area contributed by atoms with E-state index in [2.05, 4.69) is 215 Å². The van der Waals surface area contributed by atoms with Crippen molar-refractivity contribution in [3.8, 4) is 67.5 Å². The maximum Gasteiger partial charge on any atom is 0.160 e. The van der Waals surface area contributed by atoms with Crippen LogP contribution in [0.2, 0.25) is 0 Å². The minimum atomic E-state index is 0.689. The van der Waals surface area contributed by atoms with E-state index in [1.54, 1.807) is 0 Å². The van der Waals surface area contributed by atoms with Crippen molar-refractivity contribution in [2.45, 2.75) is 0 Å². The van der Waals surface area contributed by atoms with Crippen LogP contribution < -0.4 is 0 Å².